The Morgan fingerprint density at radius 1 is 1.05 bits per heavy atom. The van der Waals surface area contributed by atoms with Crippen molar-refractivity contribution in [3.63, 3.8) is 0 Å². The van der Waals surface area contributed by atoms with Crippen LogP contribution in [0.4, 0.5) is 0 Å². The van der Waals surface area contributed by atoms with Crippen LogP contribution in [-0.4, -0.2) is 26.3 Å². The molecule has 1 aromatic heterocycles. The maximum atomic E-state index is 6.30. The van der Waals surface area contributed by atoms with Gasteiger partial charge in [0.1, 0.15) is 0 Å². The molecule has 0 bridgehead atoms. The maximum absolute atomic E-state index is 6.30. The predicted molar refractivity (Wildman–Crippen MR) is 75.4 cm³/mol. The number of hydrogen-bond donors (Lipinski definition) is 1. The highest BCUT2D eigenvalue weighted by Gasteiger charge is 2.33. The molecule has 0 radical (unpaired) electrons. The molecular weight excluding hydrogens is 256 g/mol. The van der Waals surface area contributed by atoms with Gasteiger partial charge in [-0.2, -0.15) is 0 Å². The van der Waals surface area contributed by atoms with E-state index in [0.717, 1.165) is 22.4 Å². The van der Waals surface area contributed by atoms with Gasteiger partial charge in [0, 0.05) is 6.20 Å². The van der Waals surface area contributed by atoms with Gasteiger partial charge in [-0.05, 0) is 23.3 Å². The average molecular weight is 272 g/mol. The first kappa shape index (κ1) is 12.7. The van der Waals surface area contributed by atoms with E-state index in [1.165, 1.54) is 0 Å². The number of nitrogens with two attached hydrogens (primary N) is 1. The van der Waals surface area contributed by atoms with Crippen molar-refractivity contribution in [2.45, 2.75) is 6.04 Å². The van der Waals surface area contributed by atoms with Crippen molar-refractivity contribution in [1.29, 1.82) is 0 Å². The number of pyridine rings is 1. The van der Waals surface area contributed by atoms with E-state index in [-0.39, 0.29) is 6.04 Å². The van der Waals surface area contributed by atoms with E-state index in [1.807, 2.05) is 18.2 Å². The van der Waals surface area contributed by atoms with Gasteiger partial charge >= 0.3 is 0 Å². The zero-order valence-electron chi connectivity index (χ0n) is 11.6. The summed E-state index contributed by atoms with van der Waals surface area (Å²) in [5, 5.41) is 0. The molecule has 1 heterocycles. The number of rotatable bonds is 3. The molecular formula is C15H16N2O3. The fourth-order valence-electron chi connectivity index (χ4n) is 2.71. The highest BCUT2D eigenvalue weighted by Crippen LogP contribution is 2.53. The molecule has 1 aromatic carbocycles. The van der Waals surface area contributed by atoms with Crippen molar-refractivity contribution in [2.75, 3.05) is 21.3 Å². The zero-order valence-corrected chi connectivity index (χ0v) is 11.6. The normalized spacial score (nSPS) is 15.5. The molecule has 0 aliphatic heterocycles. The molecule has 2 N–H and O–H groups in total. The number of fused-ring (bicyclic) bond motifs is 3. The van der Waals surface area contributed by atoms with Gasteiger partial charge in [0.15, 0.2) is 11.5 Å². The molecule has 5 nitrogen and oxygen atoms in total. The van der Waals surface area contributed by atoms with E-state index in [2.05, 4.69) is 4.98 Å². The van der Waals surface area contributed by atoms with Crippen LogP contribution >= 0.6 is 0 Å². The second-order valence-electron chi connectivity index (χ2n) is 4.53. The van der Waals surface area contributed by atoms with Gasteiger partial charge in [-0.3, -0.25) is 4.98 Å². The van der Waals surface area contributed by atoms with Crippen molar-refractivity contribution >= 4 is 0 Å². The summed E-state index contributed by atoms with van der Waals surface area (Å²) < 4.78 is 16.3. The van der Waals surface area contributed by atoms with E-state index in [0.29, 0.717) is 17.2 Å². The molecule has 1 atom stereocenters. The summed E-state index contributed by atoms with van der Waals surface area (Å²) in [7, 11) is 4.78. The van der Waals surface area contributed by atoms with Gasteiger partial charge in [-0.15, -0.1) is 0 Å². The van der Waals surface area contributed by atoms with Crippen LogP contribution in [0.2, 0.25) is 0 Å². The van der Waals surface area contributed by atoms with Gasteiger partial charge in [-0.1, -0.05) is 6.07 Å². The summed E-state index contributed by atoms with van der Waals surface area (Å²) in [5.41, 5.74) is 9.95. The van der Waals surface area contributed by atoms with Crippen LogP contribution < -0.4 is 19.9 Å². The molecule has 0 fully saturated rings. The average Bonchev–Trinajstić information content (AvgIpc) is 2.78. The molecule has 1 unspecified atom stereocenters. The Labute approximate surface area is 117 Å². The van der Waals surface area contributed by atoms with Crippen molar-refractivity contribution in [3.05, 3.63) is 35.5 Å². The molecule has 2 aromatic rings. The minimum Gasteiger partial charge on any atom is -0.493 e. The number of methoxy groups -OCH3 is 3. The number of hydrogen-bond acceptors (Lipinski definition) is 5. The lowest BCUT2D eigenvalue weighted by molar-refractivity contribution is 0.324. The molecule has 0 saturated carbocycles. The molecule has 1 aliphatic rings. The Morgan fingerprint density at radius 3 is 2.45 bits per heavy atom. The van der Waals surface area contributed by atoms with Crippen LogP contribution in [0.3, 0.4) is 0 Å². The van der Waals surface area contributed by atoms with Crippen molar-refractivity contribution in [2.24, 2.45) is 5.73 Å². The lowest BCUT2D eigenvalue weighted by Crippen LogP contribution is -2.08. The van der Waals surface area contributed by atoms with Crippen molar-refractivity contribution in [3.8, 4) is 28.5 Å². The summed E-state index contributed by atoms with van der Waals surface area (Å²) in [4.78, 5) is 4.43. The standard InChI is InChI=1S/C15H16N2O3/c1-18-10-7-9-11(15(20-3)14(10)19-2)13-8(12(9)16)5-4-6-17-13/h4-7,12H,16H2,1-3H3. The van der Waals surface area contributed by atoms with E-state index in [1.54, 1.807) is 27.5 Å². The van der Waals surface area contributed by atoms with Crippen molar-refractivity contribution in [1.82, 2.24) is 4.98 Å². The summed E-state index contributed by atoms with van der Waals surface area (Å²) in [6, 6.07) is 5.52. The minimum atomic E-state index is -0.234. The van der Waals surface area contributed by atoms with Crippen LogP contribution in [0.5, 0.6) is 17.2 Å². The van der Waals surface area contributed by atoms with Crippen LogP contribution in [-0.2, 0) is 0 Å². The SMILES string of the molecule is COc1cc2c(c(OC)c1OC)-c1ncccc1C2N. The van der Waals surface area contributed by atoms with Gasteiger partial charge < -0.3 is 19.9 Å². The number of aromatic nitrogens is 1. The third-order valence-electron chi connectivity index (χ3n) is 3.61. The fourth-order valence-corrected chi connectivity index (χ4v) is 2.71. The molecule has 104 valence electrons. The lowest BCUT2D eigenvalue weighted by atomic mass is 10.0. The number of benzene rings is 1. The Balaban J connectivity index is 2.37. The van der Waals surface area contributed by atoms with Crippen LogP contribution in [0.1, 0.15) is 17.2 Å². The predicted octanol–water partition coefficient (Wildman–Crippen LogP) is 2.14. The third-order valence-corrected chi connectivity index (χ3v) is 3.61. The quantitative estimate of drug-likeness (QED) is 0.927. The maximum Gasteiger partial charge on any atom is 0.204 e. The van der Waals surface area contributed by atoms with Crippen molar-refractivity contribution < 1.29 is 14.2 Å². The smallest absolute Gasteiger partial charge is 0.204 e. The summed E-state index contributed by atoms with van der Waals surface area (Å²) in [6.45, 7) is 0. The Bertz CT molecular complexity index is 670. The monoisotopic (exact) mass is 272 g/mol. The molecule has 5 heteroatoms. The fraction of sp³-hybridized carbons (Fsp3) is 0.267. The van der Waals surface area contributed by atoms with E-state index >= 15 is 0 Å². The minimum absolute atomic E-state index is 0.234. The van der Waals surface area contributed by atoms with Gasteiger partial charge in [-0.25, -0.2) is 0 Å². The number of ether oxygens (including phenoxy) is 3. The highest BCUT2D eigenvalue weighted by atomic mass is 16.5. The second-order valence-corrected chi connectivity index (χ2v) is 4.53. The first-order valence-electron chi connectivity index (χ1n) is 6.26. The number of nitrogens with zero attached hydrogens (tertiary/aromatic N) is 1. The summed E-state index contributed by atoms with van der Waals surface area (Å²) in [5.74, 6) is 1.76. The molecule has 20 heavy (non-hydrogen) atoms. The Hall–Kier alpha value is -2.27. The largest absolute Gasteiger partial charge is 0.493 e. The second kappa shape index (κ2) is 4.68. The first-order chi connectivity index (χ1) is 9.72. The Kier molecular flexibility index (Phi) is 2.99. The van der Waals surface area contributed by atoms with E-state index in [9.17, 15) is 0 Å². The van der Waals surface area contributed by atoms with Crippen LogP contribution in [0, 0.1) is 0 Å². The van der Waals surface area contributed by atoms with E-state index < -0.39 is 0 Å². The van der Waals surface area contributed by atoms with Crippen LogP contribution in [0.25, 0.3) is 11.3 Å². The molecule has 0 amide bonds. The summed E-state index contributed by atoms with van der Waals surface area (Å²) in [6.07, 6.45) is 1.75. The first-order valence-corrected chi connectivity index (χ1v) is 6.26. The van der Waals surface area contributed by atoms with Gasteiger partial charge in [0.2, 0.25) is 5.75 Å². The summed E-state index contributed by atoms with van der Waals surface area (Å²) >= 11 is 0. The van der Waals surface area contributed by atoms with Gasteiger partial charge in [0.05, 0.1) is 38.6 Å². The van der Waals surface area contributed by atoms with Crippen LogP contribution in [0.15, 0.2) is 24.4 Å². The van der Waals surface area contributed by atoms with E-state index in [4.69, 9.17) is 19.9 Å². The highest BCUT2D eigenvalue weighted by molar-refractivity contribution is 5.84. The third kappa shape index (κ3) is 1.56. The molecule has 3 rings (SSSR count). The molecule has 0 saturated heterocycles. The zero-order chi connectivity index (χ0) is 14.3. The Morgan fingerprint density at radius 2 is 1.80 bits per heavy atom. The topological polar surface area (TPSA) is 66.6 Å². The molecule has 1 aliphatic carbocycles. The lowest BCUT2D eigenvalue weighted by Gasteiger charge is -2.16. The molecule has 0 spiro atoms. The van der Waals surface area contributed by atoms with Gasteiger partial charge in [0.25, 0.3) is 0 Å².